The number of hydrogen-bond donors (Lipinski definition) is 3. The van der Waals surface area contributed by atoms with Crippen molar-refractivity contribution in [2.24, 2.45) is 5.41 Å². The smallest absolute Gasteiger partial charge is 0.407 e. The van der Waals surface area contributed by atoms with Crippen molar-refractivity contribution in [2.75, 3.05) is 19.7 Å². The molecular weight excluding hydrogens is 340 g/mol. The van der Waals surface area contributed by atoms with Crippen molar-refractivity contribution in [3.05, 3.63) is 0 Å². The first-order valence-electron chi connectivity index (χ1n) is 8.71. The summed E-state index contributed by atoms with van der Waals surface area (Å²) in [4.78, 5) is 33.8. The first-order valence-corrected chi connectivity index (χ1v) is 8.71. The van der Waals surface area contributed by atoms with Gasteiger partial charge in [-0.15, -0.1) is 0 Å². The number of amides is 2. The summed E-state index contributed by atoms with van der Waals surface area (Å²) >= 11 is 0. The van der Waals surface area contributed by atoms with Gasteiger partial charge in [-0.3, -0.25) is 9.59 Å². The lowest BCUT2D eigenvalue weighted by atomic mass is 9.94. The molecule has 0 aromatic carbocycles. The van der Waals surface area contributed by atoms with Crippen LogP contribution in [-0.2, 0) is 19.1 Å². The highest BCUT2D eigenvalue weighted by Gasteiger charge is 2.27. The summed E-state index contributed by atoms with van der Waals surface area (Å²) in [5.74, 6) is -1.30. The highest BCUT2D eigenvalue weighted by molar-refractivity contribution is 5.80. The average molecular weight is 374 g/mol. The molecule has 3 N–H and O–H groups in total. The number of alkyl carbamates (subject to hydrolysis) is 1. The third-order valence-corrected chi connectivity index (χ3v) is 3.24. The second-order valence-electron chi connectivity index (χ2n) is 8.74. The zero-order valence-electron chi connectivity index (χ0n) is 17.0. The van der Waals surface area contributed by atoms with Crippen LogP contribution in [-0.4, -0.2) is 54.0 Å². The van der Waals surface area contributed by atoms with E-state index in [0.717, 1.165) is 0 Å². The Bertz CT molecular complexity index is 494. The summed E-state index contributed by atoms with van der Waals surface area (Å²) in [7, 11) is 0. The molecule has 0 heterocycles. The predicted molar refractivity (Wildman–Crippen MR) is 97.9 cm³/mol. The van der Waals surface area contributed by atoms with Gasteiger partial charge in [0.15, 0.2) is 0 Å². The summed E-state index contributed by atoms with van der Waals surface area (Å²) < 4.78 is 11.1. The molecule has 0 saturated heterocycles. The fraction of sp³-hybridized carbons (Fsp3) is 0.833. The van der Waals surface area contributed by atoms with Gasteiger partial charge >= 0.3 is 12.1 Å². The minimum atomic E-state index is -0.998. The molecule has 0 bridgehead atoms. The second-order valence-corrected chi connectivity index (χ2v) is 8.74. The van der Waals surface area contributed by atoms with Gasteiger partial charge in [0, 0.05) is 24.9 Å². The number of carbonyl (C=O) groups excluding carboxylic acids is 2. The summed E-state index contributed by atoms with van der Waals surface area (Å²) in [5, 5.41) is 14.0. The molecule has 26 heavy (non-hydrogen) atoms. The lowest BCUT2D eigenvalue weighted by Crippen LogP contribution is -2.45. The van der Waals surface area contributed by atoms with Gasteiger partial charge in [0.1, 0.15) is 5.60 Å². The first-order chi connectivity index (χ1) is 11.6. The molecule has 0 aromatic heterocycles. The summed E-state index contributed by atoms with van der Waals surface area (Å²) in [6, 6.07) is 0. The van der Waals surface area contributed by atoms with Crippen molar-refractivity contribution in [3.8, 4) is 0 Å². The van der Waals surface area contributed by atoms with Crippen LogP contribution in [0.1, 0.15) is 61.3 Å². The van der Waals surface area contributed by atoms with Crippen LogP contribution in [0.3, 0.4) is 0 Å². The van der Waals surface area contributed by atoms with Crippen molar-refractivity contribution in [1.82, 2.24) is 10.6 Å². The van der Waals surface area contributed by atoms with Crippen LogP contribution >= 0.6 is 0 Å². The molecule has 0 aromatic rings. The zero-order chi connectivity index (χ0) is 20.6. The van der Waals surface area contributed by atoms with Crippen LogP contribution in [0.2, 0.25) is 0 Å². The number of ether oxygens (including phenoxy) is 2. The second kappa shape index (κ2) is 9.75. The van der Waals surface area contributed by atoms with E-state index in [2.05, 4.69) is 10.6 Å². The number of hydrogen-bond acceptors (Lipinski definition) is 5. The summed E-state index contributed by atoms with van der Waals surface area (Å²) in [6.45, 7) is 13.9. The van der Waals surface area contributed by atoms with Gasteiger partial charge in [-0.2, -0.15) is 0 Å². The predicted octanol–water partition coefficient (Wildman–Crippen LogP) is 2.31. The van der Waals surface area contributed by atoms with Gasteiger partial charge in [0.05, 0.1) is 18.6 Å². The molecule has 0 rings (SSSR count). The van der Waals surface area contributed by atoms with Gasteiger partial charge in [0.2, 0.25) is 5.91 Å². The Kier molecular flexibility index (Phi) is 9.07. The van der Waals surface area contributed by atoms with Crippen LogP contribution in [0, 0.1) is 5.41 Å². The lowest BCUT2D eigenvalue weighted by Gasteiger charge is -2.32. The molecule has 2 amide bonds. The van der Waals surface area contributed by atoms with E-state index in [1.165, 1.54) is 0 Å². The van der Waals surface area contributed by atoms with Crippen molar-refractivity contribution >= 4 is 18.0 Å². The van der Waals surface area contributed by atoms with Crippen LogP contribution in [0.15, 0.2) is 0 Å². The van der Waals surface area contributed by atoms with Crippen LogP contribution in [0.4, 0.5) is 4.79 Å². The van der Waals surface area contributed by atoms with E-state index in [1.807, 2.05) is 27.7 Å². The number of aliphatic carboxylic acids is 1. The SMILES string of the molecule is CC(C)(CNC(=O)CCC(=O)O)COC(C)(C)CNC(=O)OC(C)(C)C. The zero-order valence-corrected chi connectivity index (χ0v) is 17.0. The molecule has 0 fully saturated rings. The van der Waals surface area contributed by atoms with E-state index >= 15 is 0 Å². The maximum absolute atomic E-state index is 11.7. The molecule has 0 aliphatic heterocycles. The Balaban J connectivity index is 4.27. The van der Waals surface area contributed by atoms with Crippen LogP contribution < -0.4 is 10.6 Å². The number of nitrogens with one attached hydrogen (secondary N) is 2. The average Bonchev–Trinajstić information content (AvgIpc) is 2.46. The minimum absolute atomic E-state index is 0.0441. The van der Waals surface area contributed by atoms with E-state index < -0.39 is 23.3 Å². The standard InChI is InChI=1S/C18H34N2O6/c1-16(2,3)26-15(24)20-11-18(6,7)25-12-17(4,5)10-19-13(21)8-9-14(22)23/h8-12H2,1-7H3,(H,19,21)(H,20,24)(H,22,23). The fourth-order valence-corrected chi connectivity index (χ4v) is 1.74. The molecule has 152 valence electrons. The number of rotatable bonds is 10. The van der Waals surface area contributed by atoms with Gasteiger partial charge in [-0.05, 0) is 34.6 Å². The van der Waals surface area contributed by atoms with Gasteiger partial charge in [-0.25, -0.2) is 4.79 Å². The van der Waals surface area contributed by atoms with E-state index in [1.54, 1.807) is 20.8 Å². The number of carboxylic acids is 1. The van der Waals surface area contributed by atoms with Crippen LogP contribution in [0.25, 0.3) is 0 Å². The quantitative estimate of drug-likeness (QED) is 0.541. The van der Waals surface area contributed by atoms with Crippen molar-refractivity contribution in [3.63, 3.8) is 0 Å². The Morgan fingerprint density at radius 1 is 0.885 bits per heavy atom. The molecule has 0 radical (unpaired) electrons. The summed E-state index contributed by atoms with van der Waals surface area (Å²) in [6.07, 6.45) is -0.733. The normalized spacial score (nSPS) is 12.4. The highest BCUT2D eigenvalue weighted by Crippen LogP contribution is 2.19. The molecule has 0 saturated carbocycles. The van der Waals surface area contributed by atoms with Crippen molar-refractivity contribution in [2.45, 2.75) is 72.5 Å². The van der Waals surface area contributed by atoms with Crippen molar-refractivity contribution in [1.29, 1.82) is 0 Å². The molecule has 8 nitrogen and oxygen atoms in total. The van der Waals surface area contributed by atoms with E-state index in [0.29, 0.717) is 13.2 Å². The number of carboxylic acid groups (broad SMARTS) is 1. The molecule has 0 unspecified atom stereocenters. The number of carbonyl (C=O) groups is 3. The Hall–Kier alpha value is -1.83. The Morgan fingerprint density at radius 3 is 1.96 bits per heavy atom. The van der Waals surface area contributed by atoms with Gasteiger partial charge in [-0.1, -0.05) is 13.8 Å². The largest absolute Gasteiger partial charge is 0.481 e. The lowest BCUT2D eigenvalue weighted by molar-refractivity contribution is -0.138. The molecule has 8 heteroatoms. The molecule has 0 aliphatic rings. The monoisotopic (exact) mass is 374 g/mol. The van der Waals surface area contributed by atoms with E-state index in [4.69, 9.17) is 14.6 Å². The molecule has 0 spiro atoms. The third-order valence-electron chi connectivity index (χ3n) is 3.24. The topological polar surface area (TPSA) is 114 Å². The van der Waals surface area contributed by atoms with E-state index in [9.17, 15) is 14.4 Å². The fourth-order valence-electron chi connectivity index (χ4n) is 1.74. The maximum Gasteiger partial charge on any atom is 0.407 e. The highest BCUT2D eigenvalue weighted by atomic mass is 16.6. The van der Waals surface area contributed by atoms with Crippen LogP contribution in [0.5, 0.6) is 0 Å². The Morgan fingerprint density at radius 2 is 1.46 bits per heavy atom. The van der Waals surface area contributed by atoms with E-state index in [-0.39, 0.29) is 30.7 Å². The third kappa shape index (κ3) is 13.5. The minimum Gasteiger partial charge on any atom is -0.481 e. The van der Waals surface area contributed by atoms with Gasteiger partial charge < -0.3 is 25.2 Å². The summed E-state index contributed by atoms with van der Waals surface area (Å²) in [5.41, 5.74) is -1.51. The Labute approximate surface area is 156 Å². The van der Waals surface area contributed by atoms with Gasteiger partial charge in [0.25, 0.3) is 0 Å². The maximum atomic E-state index is 11.7. The van der Waals surface area contributed by atoms with Crippen molar-refractivity contribution < 1.29 is 29.0 Å². The molecular formula is C18H34N2O6. The molecule has 0 aliphatic carbocycles. The molecule has 0 atom stereocenters. The first kappa shape index (κ1) is 24.2.